The first-order valence-electron chi connectivity index (χ1n) is 13.3. The maximum atomic E-state index is 12.4. The van der Waals surface area contributed by atoms with Crippen molar-refractivity contribution in [1.82, 2.24) is 0 Å². The van der Waals surface area contributed by atoms with Gasteiger partial charge in [0, 0.05) is 0 Å². The van der Waals surface area contributed by atoms with Gasteiger partial charge in [-0.15, -0.1) is 0 Å². The Morgan fingerprint density at radius 1 is 0.697 bits per heavy atom. The fraction of sp³-hybridized carbons (Fsp3) is 0.581. The molecular weight excluding hydrogens is 404 g/mol. The van der Waals surface area contributed by atoms with Gasteiger partial charge in [-0.2, -0.15) is 0 Å². The number of unbranched alkanes of at least 4 members (excludes halogenated alkanes) is 9. The van der Waals surface area contributed by atoms with Crippen LogP contribution in [-0.4, -0.2) is 5.97 Å². The first kappa shape index (κ1) is 27.2. The Labute approximate surface area is 203 Å². The molecule has 0 unspecified atom stereocenters. The van der Waals surface area contributed by atoms with Crippen molar-refractivity contribution in [2.24, 2.45) is 0 Å². The SMILES string of the molecule is CCCCCCCCCCCCc1ccc(CC(=O)Oc2ccc(C(C)(C)CC)cc2)cc1. The number of hydrogen-bond acceptors (Lipinski definition) is 2. The monoisotopic (exact) mass is 450 g/mol. The molecule has 2 rings (SSSR count). The van der Waals surface area contributed by atoms with Crippen molar-refractivity contribution in [3.05, 3.63) is 65.2 Å². The Bertz CT molecular complexity index is 787. The van der Waals surface area contributed by atoms with Crippen molar-refractivity contribution in [2.45, 2.75) is 117 Å². The molecule has 2 heteroatoms. The number of benzene rings is 2. The summed E-state index contributed by atoms with van der Waals surface area (Å²) in [6.07, 6.45) is 16.2. The maximum absolute atomic E-state index is 12.4. The van der Waals surface area contributed by atoms with Gasteiger partial charge >= 0.3 is 5.97 Å². The molecule has 0 N–H and O–H groups in total. The van der Waals surface area contributed by atoms with E-state index in [2.05, 4.69) is 64.1 Å². The molecule has 0 saturated heterocycles. The quantitative estimate of drug-likeness (QED) is 0.145. The first-order valence-corrected chi connectivity index (χ1v) is 13.3. The Kier molecular flexibility index (Phi) is 12.3. The average molecular weight is 451 g/mol. The van der Waals surface area contributed by atoms with Crippen molar-refractivity contribution < 1.29 is 9.53 Å². The topological polar surface area (TPSA) is 26.3 Å². The van der Waals surface area contributed by atoms with Crippen molar-refractivity contribution in [3.63, 3.8) is 0 Å². The van der Waals surface area contributed by atoms with E-state index in [1.165, 1.54) is 75.3 Å². The zero-order valence-corrected chi connectivity index (χ0v) is 21.6. The molecule has 0 atom stereocenters. The van der Waals surface area contributed by atoms with Gasteiger partial charge in [-0.25, -0.2) is 0 Å². The van der Waals surface area contributed by atoms with E-state index >= 15 is 0 Å². The second kappa shape index (κ2) is 14.9. The average Bonchev–Trinajstić information content (AvgIpc) is 2.81. The molecule has 0 aliphatic carbocycles. The number of ether oxygens (including phenoxy) is 1. The van der Waals surface area contributed by atoms with Gasteiger partial charge in [-0.3, -0.25) is 4.79 Å². The number of rotatable bonds is 16. The van der Waals surface area contributed by atoms with Crippen molar-refractivity contribution >= 4 is 5.97 Å². The van der Waals surface area contributed by atoms with E-state index in [9.17, 15) is 4.79 Å². The minimum absolute atomic E-state index is 0.137. The van der Waals surface area contributed by atoms with Gasteiger partial charge in [0.2, 0.25) is 0 Å². The molecule has 0 heterocycles. The fourth-order valence-corrected chi connectivity index (χ4v) is 4.15. The first-order chi connectivity index (χ1) is 15.9. The van der Waals surface area contributed by atoms with Crippen LogP contribution in [0.2, 0.25) is 0 Å². The fourth-order valence-electron chi connectivity index (χ4n) is 4.15. The Morgan fingerprint density at radius 3 is 1.76 bits per heavy atom. The van der Waals surface area contributed by atoms with E-state index in [1.807, 2.05) is 12.1 Å². The highest BCUT2D eigenvalue weighted by molar-refractivity contribution is 5.75. The molecule has 2 aromatic rings. The van der Waals surface area contributed by atoms with Crippen molar-refractivity contribution in [3.8, 4) is 5.75 Å². The lowest BCUT2D eigenvalue weighted by molar-refractivity contribution is -0.133. The highest BCUT2D eigenvalue weighted by atomic mass is 16.5. The number of hydrogen-bond donors (Lipinski definition) is 0. The summed E-state index contributed by atoms with van der Waals surface area (Å²) < 4.78 is 5.55. The number of carbonyl (C=O) groups excluding carboxylic acids is 1. The molecule has 0 aliphatic rings. The molecule has 2 aromatic carbocycles. The third-order valence-corrected chi connectivity index (χ3v) is 6.94. The second-order valence-corrected chi connectivity index (χ2v) is 10.2. The third kappa shape index (κ3) is 10.6. The minimum atomic E-state index is -0.208. The predicted molar refractivity (Wildman–Crippen MR) is 141 cm³/mol. The summed E-state index contributed by atoms with van der Waals surface area (Å²) in [6, 6.07) is 16.4. The van der Waals surface area contributed by atoms with Crippen LogP contribution < -0.4 is 4.74 Å². The van der Waals surface area contributed by atoms with Gasteiger partial charge in [0.25, 0.3) is 0 Å². The van der Waals surface area contributed by atoms with Crippen molar-refractivity contribution in [1.29, 1.82) is 0 Å². The molecule has 2 nitrogen and oxygen atoms in total. The van der Waals surface area contributed by atoms with E-state index in [0.29, 0.717) is 12.2 Å². The summed E-state index contributed by atoms with van der Waals surface area (Å²) in [4.78, 5) is 12.4. The van der Waals surface area contributed by atoms with Crippen LogP contribution in [0, 0.1) is 0 Å². The predicted octanol–water partition coefficient (Wildman–Crippen LogP) is 8.99. The lowest BCUT2D eigenvalue weighted by Gasteiger charge is -2.23. The standard InChI is InChI=1S/C31H46O2/c1-5-7-8-9-10-11-12-13-14-15-16-26-17-19-27(20-18-26)25-30(32)33-29-23-21-28(22-24-29)31(3,4)6-2/h17-24H,5-16,25H2,1-4H3. The summed E-state index contributed by atoms with van der Waals surface area (Å²) in [5, 5.41) is 0. The highest BCUT2D eigenvalue weighted by Crippen LogP contribution is 2.28. The van der Waals surface area contributed by atoms with Crippen LogP contribution in [-0.2, 0) is 23.1 Å². The largest absolute Gasteiger partial charge is 0.426 e. The van der Waals surface area contributed by atoms with E-state index in [-0.39, 0.29) is 11.4 Å². The van der Waals surface area contributed by atoms with Gasteiger partial charge in [0.05, 0.1) is 6.42 Å². The lowest BCUT2D eigenvalue weighted by Crippen LogP contribution is -2.15. The minimum Gasteiger partial charge on any atom is -0.426 e. The van der Waals surface area contributed by atoms with Crippen LogP contribution in [0.4, 0.5) is 0 Å². The molecule has 0 spiro atoms. The normalized spacial score (nSPS) is 11.5. The maximum Gasteiger partial charge on any atom is 0.315 e. The van der Waals surface area contributed by atoms with Gasteiger partial charge in [-0.1, -0.05) is 122 Å². The molecule has 0 bridgehead atoms. The highest BCUT2D eigenvalue weighted by Gasteiger charge is 2.18. The van der Waals surface area contributed by atoms with Crippen molar-refractivity contribution in [2.75, 3.05) is 0 Å². The van der Waals surface area contributed by atoms with Crippen LogP contribution in [0.25, 0.3) is 0 Å². The van der Waals surface area contributed by atoms with E-state index in [4.69, 9.17) is 4.74 Å². The third-order valence-electron chi connectivity index (χ3n) is 6.94. The summed E-state index contributed by atoms with van der Waals surface area (Å²) in [5.74, 6) is 0.410. The van der Waals surface area contributed by atoms with Crippen LogP contribution in [0.1, 0.15) is 115 Å². The number of carbonyl (C=O) groups is 1. The van der Waals surface area contributed by atoms with Crippen LogP contribution in [0.5, 0.6) is 5.75 Å². The summed E-state index contributed by atoms with van der Waals surface area (Å²) in [6.45, 7) is 8.93. The van der Waals surface area contributed by atoms with E-state index in [1.54, 1.807) is 0 Å². The smallest absolute Gasteiger partial charge is 0.315 e. The van der Waals surface area contributed by atoms with Crippen LogP contribution in [0.3, 0.4) is 0 Å². The molecular formula is C31H46O2. The molecule has 0 aliphatic heterocycles. The molecule has 0 radical (unpaired) electrons. The molecule has 0 aromatic heterocycles. The molecule has 182 valence electrons. The van der Waals surface area contributed by atoms with E-state index in [0.717, 1.165) is 18.4 Å². The second-order valence-electron chi connectivity index (χ2n) is 10.2. The molecule has 33 heavy (non-hydrogen) atoms. The van der Waals surface area contributed by atoms with E-state index < -0.39 is 0 Å². The Morgan fingerprint density at radius 2 is 1.21 bits per heavy atom. The number of aryl methyl sites for hydroxylation is 1. The lowest BCUT2D eigenvalue weighted by atomic mass is 9.82. The zero-order valence-electron chi connectivity index (χ0n) is 21.6. The summed E-state index contributed by atoms with van der Waals surface area (Å²) in [7, 11) is 0. The summed E-state index contributed by atoms with van der Waals surface area (Å²) in [5.41, 5.74) is 3.78. The van der Waals surface area contributed by atoms with Crippen LogP contribution >= 0.6 is 0 Å². The Hall–Kier alpha value is -2.09. The molecule has 0 saturated carbocycles. The molecule has 0 fully saturated rings. The van der Waals surface area contributed by atoms with Gasteiger partial charge in [0.1, 0.15) is 5.75 Å². The van der Waals surface area contributed by atoms with Gasteiger partial charge < -0.3 is 4.74 Å². The molecule has 0 amide bonds. The van der Waals surface area contributed by atoms with Gasteiger partial charge in [-0.05, 0) is 53.5 Å². The Balaban J connectivity index is 1.64. The number of esters is 1. The zero-order chi connectivity index (χ0) is 23.9. The van der Waals surface area contributed by atoms with Crippen LogP contribution in [0.15, 0.2) is 48.5 Å². The summed E-state index contributed by atoms with van der Waals surface area (Å²) >= 11 is 0. The van der Waals surface area contributed by atoms with Gasteiger partial charge in [0.15, 0.2) is 0 Å².